The first kappa shape index (κ1) is 11.3. The smallest absolute Gasteiger partial charge is 0.244 e. The Morgan fingerprint density at radius 1 is 1.50 bits per heavy atom. The van der Waals surface area contributed by atoms with Crippen LogP contribution in [-0.2, 0) is 10.0 Å². The Bertz CT molecular complexity index is 496. The van der Waals surface area contributed by atoms with Gasteiger partial charge in [0.2, 0.25) is 10.0 Å². The van der Waals surface area contributed by atoms with Crippen LogP contribution < -0.4 is 16.0 Å². The fourth-order valence-electron chi connectivity index (χ4n) is 1.38. The minimum absolute atomic E-state index is 0.0747. The third kappa shape index (κ3) is 2.16. The molecule has 0 atom stereocenters. The molecule has 6 nitrogen and oxygen atoms in total. The van der Waals surface area contributed by atoms with Gasteiger partial charge in [-0.05, 0) is 31.9 Å². The van der Waals surface area contributed by atoms with Gasteiger partial charge in [-0.25, -0.2) is 24.0 Å². The van der Waals surface area contributed by atoms with Gasteiger partial charge in [-0.1, -0.05) is 0 Å². The van der Waals surface area contributed by atoms with Crippen molar-refractivity contribution in [1.29, 1.82) is 0 Å². The Morgan fingerprint density at radius 2 is 2.19 bits per heavy atom. The zero-order valence-corrected chi connectivity index (χ0v) is 9.71. The lowest BCUT2D eigenvalue weighted by Crippen LogP contribution is -2.35. The van der Waals surface area contributed by atoms with Crippen LogP contribution in [0, 0.1) is 0 Å². The van der Waals surface area contributed by atoms with Crippen molar-refractivity contribution in [3.63, 3.8) is 0 Å². The zero-order valence-electron chi connectivity index (χ0n) is 8.90. The summed E-state index contributed by atoms with van der Waals surface area (Å²) in [6.45, 7) is 1.87. The van der Waals surface area contributed by atoms with Crippen molar-refractivity contribution < 1.29 is 8.42 Å². The number of aromatic nitrogens is 1. The monoisotopic (exact) mass is 242 g/mol. The molecule has 1 aliphatic rings. The second kappa shape index (κ2) is 3.69. The highest BCUT2D eigenvalue weighted by Gasteiger charge is 2.41. The molecule has 1 heterocycles. The summed E-state index contributed by atoms with van der Waals surface area (Å²) in [4.78, 5) is 3.93. The number of hydrogen-bond acceptors (Lipinski definition) is 5. The molecule has 16 heavy (non-hydrogen) atoms. The molecule has 1 aromatic heterocycles. The normalized spacial score (nSPS) is 18.1. The van der Waals surface area contributed by atoms with E-state index in [0.717, 1.165) is 12.8 Å². The van der Waals surface area contributed by atoms with E-state index in [4.69, 9.17) is 5.84 Å². The standard InChI is InChI=1S/C9H14N4O2S/c1-9(4-5-9)13-16(14,15)7-3-2-6-11-8(7)12-10/h2-3,6,13H,4-5,10H2,1H3,(H,11,12). The van der Waals surface area contributed by atoms with E-state index in [9.17, 15) is 8.42 Å². The molecule has 88 valence electrons. The highest BCUT2D eigenvalue weighted by molar-refractivity contribution is 7.89. The van der Waals surface area contributed by atoms with Gasteiger partial charge in [0, 0.05) is 11.7 Å². The molecule has 1 aliphatic carbocycles. The predicted molar refractivity (Wildman–Crippen MR) is 60.0 cm³/mol. The Labute approximate surface area is 94.3 Å². The Balaban J connectivity index is 2.35. The van der Waals surface area contributed by atoms with Crippen molar-refractivity contribution in [2.24, 2.45) is 5.84 Å². The number of pyridine rings is 1. The summed E-state index contributed by atoms with van der Waals surface area (Å²) in [5.41, 5.74) is 1.97. The zero-order chi connectivity index (χ0) is 11.8. The molecule has 0 radical (unpaired) electrons. The largest absolute Gasteiger partial charge is 0.307 e. The lowest BCUT2D eigenvalue weighted by molar-refractivity contribution is 0.558. The van der Waals surface area contributed by atoms with E-state index in [1.54, 1.807) is 6.07 Å². The predicted octanol–water partition coefficient (Wildman–Crippen LogP) is 0.198. The van der Waals surface area contributed by atoms with Gasteiger partial charge in [0.05, 0.1) is 0 Å². The average molecular weight is 242 g/mol. The van der Waals surface area contributed by atoms with E-state index in [2.05, 4.69) is 15.1 Å². The highest BCUT2D eigenvalue weighted by Crippen LogP contribution is 2.36. The molecule has 0 unspecified atom stereocenters. The van der Waals surface area contributed by atoms with Gasteiger partial charge in [-0.2, -0.15) is 0 Å². The maximum atomic E-state index is 12.0. The minimum Gasteiger partial charge on any atom is -0.307 e. The van der Waals surface area contributed by atoms with E-state index in [-0.39, 0.29) is 16.3 Å². The summed E-state index contributed by atoms with van der Waals surface area (Å²) < 4.78 is 26.7. The number of anilines is 1. The van der Waals surface area contributed by atoms with Crippen molar-refractivity contribution in [2.75, 3.05) is 5.43 Å². The molecule has 1 fully saturated rings. The van der Waals surface area contributed by atoms with Crippen LogP contribution in [-0.4, -0.2) is 18.9 Å². The lowest BCUT2D eigenvalue weighted by atomic mass is 10.4. The molecular formula is C9H14N4O2S. The van der Waals surface area contributed by atoms with E-state index in [0.29, 0.717) is 0 Å². The van der Waals surface area contributed by atoms with Crippen molar-refractivity contribution >= 4 is 15.8 Å². The Morgan fingerprint density at radius 3 is 2.75 bits per heavy atom. The fraction of sp³-hybridized carbons (Fsp3) is 0.444. The molecule has 7 heteroatoms. The summed E-state index contributed by atoms with van der Waals surface area (Å²) in [6.07, 6.45) is 3.20. The topological polar surface area (TPSA) is 97.1 Å². The summed E-state index contributed by atoms with van der Waals surface area (Å²) in [5.74, 6) is 5.37. The molecule has 2 rings (SSSR count). The van der Waals surface area contributed by atoms with Crippen LogP contribution in [0.3, 0.4) is 0 Å². The number of rotatable bonds is 4. The van der Waals surface area contributed by atoms with Crippen LogP contribution in [0.25, 0.3) is 0 Å². The van der Waals surface area contributed by atoms with E-state index in [1.807, 2.05) is 6.92 Å². The van der Waals surface area contributed by atoms with Gasteiger partial charge in [0.15, 0.2) is 5.82 Å². The van der Waals surface area contributed by atoms with Crippen molar-refractivity contribution in [2.45, 2.75) is 30.2 Å². The molecule has 1 saturated carbocycles. The summed E-state index contributed by atoms with van der Waals surface area (Å²) in [5, 5.41) is 0. The van der Waals surface area contributed by atoms with Crippen LogP contribution in [0.2, 0.25) is 0 Å². The third-order valence-corrected chi connectivity index (χ3v) is 4.25. The van der Waals surface area contributed by atoms with Gasteiger partial charge >= 0.3 is 0 Å². The number of hydrazine groups is 1. The molecule has 4 N–H and O–H groups in total. The van der Waals surface area contributed by atoms with Gasteiger partial charge in [0.25, 0.3) is 0 Å². The van der Waals surface area contributed by atoms with Crippen molar-refractivity contribution in [3.8, 4) is 0 Å². The van der Waals surface area contributed by atoms with Crippen LogP contribution in [0.5, 0.6) is 0 Å². The number of nitrogen functional groups attached to an aromatic ring is 1. The minimum atomic E-state index is -3.55. The number of sulfonamides is 1. The molecule has 0 saturated heterocycles. The molecular weight excluding hydrogens is 228 g/mol. The second-order valence-corrected chi connectivity index (χ2v) is 5.81. The molecule has 0 aromatic carbocycles. The number of nitrogens with zero attached hydrogens (tertiary/aromatic N) is 1. The molecule has 0 aliphatic heterocycles. The maximum Gasteiger partial charge on any atom is 0.244 e. The lowest BCUT2D eigenvalue weighted by Gasteiger charge is -2.13. The summed E-state index contributed by atoms with van der Waals surface area (Å²) >= 11 is 0. The van der Waals surface area contributed by atoms with Gasteiger partial charge in [-0.15, -0.1) is 0 Å². The Kier molecular flexibility index (Phi) is 2.61. The van der Waals surface area contributed by atoms with E-state index < -0.39 is 10.0 Å². The average Bonchev–Trinajstić information content (AvgIpc) is 2.95. The quantitative estimate of drug-likeness (QED) is 0.517. The SMILES string of the molecule is CC1(NS(=O)(=O)c2cccnc2NN)CC1. The van der Waals surface area contributed by atoms with Gasteiger partial charge in [0.1, 0.15) is 4.90 Å². The van der Waals surface area contributed by atoms with Crippen molar-refractivity contribution in [1.82, 2.24) is 9.71 Å². The number of nitrogens with two attached hydrogens (primary N) is 1. The van der Waals surface area contributed by atoms with Crippen LogP contribution in [0.4, 0.5) is 5.82 Å². The second-order valence-electron chi connectivity index (χ2n) is 4.16. The summed E-state index contributed by atoms with van der Waals surface area (Å²) in [7, 11) is -3.55. The third-order valence-electron chi connectivity index (χ3n) is 2.58. The maximum absolute atomic E-state index is 12.0. The fourth-order valence-corrected chi connectivity index (χ4v) is 2.97. The van der Waals surface area contributed by atoms with Crippen LogP contribution >= 0.6 is 0 Å². The van der Waals surface area contributed by atoms with Gasteiger partial charge in [-0.3, -0.25) is 0 Å². The van der Waals surface area contributed by atoms with Crippen LogP contribution in [0.15, 0.2) is 23.2 Å². The molecule has 0 amide bonds. The summed E-state index contributed by atoms with van der Waals surface area (Å²) in [6, 6.07) is 3.03. The Hall–Kier alpha value is -1.18. The first-order valence-corrected chi connectivity index (χ1v) is 6.41. The van der Waals surface area contributed by atoms with E-state index >= 15 is 0 Å². The molecule has 1 aromatic rings. The van der Waals surface area contributed by atoms with Crippen LogP contribution in [0.1, 0.15) is 19.8 Å². The molecule has 0 spiro atoms. The first-order valence-electron chi connectivity index (χ1n) is 4.92. The van der Waals surface area contributed by atoms with Crippen molar-refractivity contribution in [3.05, 3.63) is 18.3 Å². The first-order chi connectivity index (χ1) is 7.47. The number of nitrogens with one attached hydrogen (secondary N) is 2. The highest BCUT2D eigenvalue weighted by atomic mass is 32.2. The number of hydrogen-bond donors (Lipinski definition) is 3. The van der Waals surface area contributed by atoms with E-state index in [1.165, 1.54) is 12.3 Å². The van der Waals surface area contributed by atoms with Gasteiger partial charge < -0.3 is 5.43 Å². The molecule has 0 bridgehead atoms.